The Morgan fingerprint density at radius 3 is 2.15 bits per heavy atom. The molecular weight excluding hydrogens is 325 g/mol. The van der Waals surface area contributed by atoms with E-state index in [9.17, 15) is 4.79 Å². The topological polar surface area (TPSA) is 69.6 Å². The van der Waals surface area contributed by atoms with Crippen molar-refractivity contribution in [2.75, 3.05) is 6.54 Å². The van der Waals surface area contributed by atoms with E-state index in [1.165, 1.54) is 24.8 Å². The van der Waals surface area contributed by atoms with E-state index < -0.39 is 7.12 Å². The zero-order valence-corrected chi connectivity index (χ0v) is 15.2. The molecule has 2 aromatic carbocycles. The molecule has 138 valence electrons. The molecule has 0 spiro atoms. The van der Waals surface area contributed by atoms with E-state index in [4.69, 9.17) is 10.0 Å². The molecule has 2 rings (SSSR count). The molecule has 0 aromatic heterocycles. The van der Waals surface area contributed by atoms with Crippen molar-refractivity contribution in [2.24, 2.45) is 0 Å². The number of hydrogen-bond donors (Lipinski definition) is 3. The number of carbonyl (C=O) groups is 1. The maximum absolute atomic E-state index is 11.9. The van der Waals surface area contributed by atoms with Crippen LogP contribution in [0.2, 0.25) is 0 Å². The van der Waals surface area contributed by atoms with Crippen molar-refractivity contribution in [1.29, 1.82) is 0 Å². The van der Waals surface area contributed by atoms with E-state index in [-0.39, 0.29) is 5.91 Å². The van der Waals surface area contributed by atoms with E-state index in [1.54, 1.807) is 24.3 Å². The molecule has 5 heteroatoms. The second-order valence-corrected chi connectivity index (χ2v) is 6.65. The lowest BCUT2D eigenvalue weighted by atomic mass is 9.80. The third-order valence-corrected chi connectivity index (χ3v) is 4.45. The first kappa shape index (κ1) is 20.2. The van der Waals surface area contributed by atoms with Crippen LogP contribution in [0.4, 0.5) is 0 Å². The van der Waals surface area contributed by atoms with Crippen LogP contribution in [-0.4, -0.2) is 29.6 Å². The van der Waals surface area contributed by atoms with Gasteiger partial charge in [0, 0.05) is 6.54 Å². The first-order valence-corrected chi connectivity index (χ1v) is 9.41. The Bertz CT molecular complexity index is 644. The Morgan fingerprint density at radius 1 is 0.808 bits per heavy atom. The Morgan fingerprint density at radius 2 is 1.46 bits per heavy atom. The fourth-order valence-electron chi connectivity index (χ4n) is 2.91. The highest BCUT2D eigenvalue weighted by molar-refractivity contribution is 6.58. The van der Waals surface area contributed by atoms with Crippen LogP contribution in [0, 0.1) is 0 Å². The zero-order valence-electron chi connectivity index (χ0n) is 15.2. The van der Waals surface area contributed by atoms with Gasteiger partial charge in [-0.3, -0.25) is 4.79 Å². The second-order valence-electron chi connectivity index (χ2n) is 6.65. The van der Waals surface area contributed by atoms with Gasteiger partial charge < -0.3 is 15.4 Å². The van der Waals surface area contributed by atoms with Crippen LogP contribution in [-0.2, 0) is 17.6 Å². The summed E-state index contributed by atoms with van der Waals surface area (Å²) < 4.78 is 0. The Hall–Kier alpha value is -2.11. The second kappa shape index (κ2) is 11.5. The van der Waals surface area contributed by atoms with Gasteiger partial charge in [-0.05, 0) is 35.9 Å². The van der Waals surface area contributed by atoms with Crippen LogP contribution < -0.4 is 10.8 Å². The van der Waals surface area contributed by atoms with Gasteiger partial charge in [0.1, 0.15) is 0 Å². The summed E-state index contributed by atoms with van der Waals surface area (Å²) in [4.78, 5) is 11.9. The summed E-state index contributed by atoms with van der Waals surface area (Å²) in [5, 5.41) is 21.1. The van der Waals surface area contributed by atoms with Crippen molar-refractivity contribution in [2.45, 2.75) is 44.9 Å². The van der Waals surface area contributed by atoms with Gasteiger partial charge >= 0.3 is 7.12 Å². The molecule has 0 radical (unpaired) electrons. The van der Waals surface area contributed by atoms with Crippen LogP contribution in [0.5, 0.6) is 0 Å². The minimum Gasteiger partial charge on any atom is -0.423 e. The number of unbranched alkanes of at least 4 members (excludes halogenated alkanes) is 4. The van der Waals surface area contributed by atoms with Crippen LogP contribution in [0.3, 0.4) is 0 Å². The highest BCUT2D eigenvalue weighted by Crippen LogP contribution is 2.08. The van der Waals surface area contributed by atoms with Crippen molar-refractivity contribution in [3.05, 3.63) is 65.7 Å². The zero-order chi connectivity index (χ0) is 18.6. The fraction of sp³-hybridized carbons (Fsp3) is 0.381. The van der Waals surface area contributed by atoms with Crippen LogP contribution in [0.1, 0.15) is 43.2 Å². The Kier molecular flexibility index (Phi) is 8.94. The van der Waals surface area contributed by atoms with Crippen LogP contribution in [0.25, 0.3) is 0 Å². The van der Waals surface area contributed by atoms with Crippen LogP contribution in [0.15, 0.2) is 54.6 Å². The lowest BCUT2D eigenvalue weighted by molar-refractivity contribution is -0.120. The number of carbonyl (C=O) groups excluding carboxylic acids is 1. The molecule has 0 fully saturated rings. The van der Waals surface area contributed by atoms with Gasteiger partial charge in [0.2, 0.25) is 5.91 Å². The van der Waals surface area contributed by atoms with Gasteiger partial charge in [-0.25, -0.2) is 0 Å². The Balaban J connectivity index is 1.49. The molecule has 1 amide bonds. The van der Waals surface area contributed by atoms with Crippen molar-refractivity contribution in [1.82, 2.24) is 5.32 Å². The predicted molar refractivity (Wildman–Crippen MR) is 106 cm³/mol. The third kappa shape index (κ3) is 7.85. The van der Waals surface area contributed by atoms with Crippen molar-refractivity contribution >= 4 is 18.5 Å². The number of aryl methyl sites for hydroxylation is 1. The molecule has 0 saturated carbocycles. The number of hydrogen-bond acceptors (Lipinski definition) is 3. The summed E-state index contributed by atoms with van der Waals surface area (Å²) in [5.41, 5.74) is 2.70. The van der Waals surface area contributed by atoms with Gasteiger partial charge in [-0.1, -0.05) is 73.9 Å². The van der Waals surface area contributed by atoms with E-state index >= 15 is 0 Å². The van der Waals surface area contributed by atoms with Crippen molar-refractivity contribution in [3.63, 3.8) is 0 Å². The fourth-order valence-corrected chi connectivity index (χ4v) is 2.91. The monoisotopic (exact) mass is 353 g/mol. The molecule has 2 aromatic rings. The standard InChI is InChI=1S/C21H28BNO3/c24-21(17-19-12-14-20(15-13-19)22(25)26)23-16-8-3-1-2-5-9-18-10-6-4-7-11-18/h4,6-7,10-15,25-26H,1-3,5,8-9,16-17H2,(H,23,24). The minimum atomic E-state index is -1.47. The molecule has 0 unspecified atom stereocenters. The van der Waals surface area contributed by atoms with Crippen LogP contribution >= 0.6 is 0 Å². The molecule has 0 aliphatic carbocycles. The SMILES string of the molecule is O=C(Cc1ccc(B(O)O)cc1)NCCCCCCCc1ccccc1. The smallest absolute Gasteiger partial charge is 0.423 e. The molecule has 0 atom stereocenters. The van der Waals surface area contributed by atoms with Crippen molar-refractivity contribution < 1.29 is 14.8 Å². The van der Waals surface area contributed by atoms with Gasteiger partial charge in [0.25, 0.3) is 0 Å². The van der Waals surface area contributed by atoms with E-state index in [2.05, 4.69) is 29.6 Å². The van der Waals surface area contributed by atoms with Gasteiger partial charge in [0.05, 0.1) is 6.42 Å². The summed E-state index contributed by atoms with van der Waals surface area (Å²) in [6.45, 7) is 0.713. The summed E-state index contributed by atoms with van der Waals surface area (Å²) >= 11 is 0. The summed E-state index contributed by atoms with van der Waals surface area (Å²) in [5.74, 6) is 0.00590. The molecule has 0 aliphatic heterocycles. The van der Waals surface area contributed by atoms with E-state index in [0.717, 1.165) is 24.8 Å². The molecule has 0 aliphatic rings. The molecule has 3 N–H and O–H groups in total. The Labute approximate surface area is 156 Å². The minimum absolute atomic E-state index is 0.00590. The summed E-state index contributed by atoms with van der Waals surface area (Å²) in [6, 6.07) is 17.3. The van der Waals surface area contributed by atoms with Gasteiger partial charge in [-0.15, -0.1) is 0 Å². The average molecular weight is 353 g/mol. The maximum Gasteiger partial charge on any atom is 0.488 e. The molecule has 0 saturated heterocycles. The highest BCUT2D eigenvalue weighted by Gasteiger charge is 2.10. The molecule has 4 nitrogen and oxygen atoms in total. The lowest BCUT2D eigenvalue weighted by Gasteiger charge is -2.06. The first-order valence-electron chi connectivity index (χ1n) is 9.41. The predicted octanol–water partition coefficient (Wildman–Crippen LogP) is 2.22. The normalized spacial score (nSPS) is 10.5. The number of nitrogens with one attached hydrogen (secondary N) is 1. The number of rotatable bonds is 11. The molecule has 0 bridgehead atoms. The van der Waals surface area contributed by atoms with Gasteiger partial charge in [-0.2, -0.15) is 0 Å². The largest absolute Gasteiger partial charge is 0.488 e. The molecule has 26 heavy (non-hydrogen) atoms. The van der Waals surface area contributed by atoms with E-state index in [0.29, 0.717) is 18.4 Å². The summed E-state index contributed by atoms with van der Waals surface area (Å²) in [7, 11) is -1.47. The molecular formula is C21H28BNO3. The summed E-state index contributed by atoms with van der Waals surface area (Å²) in [6.07, 6.45) is 7.25. The quantitative estimate of drug-likeness (QED) is 0.429. The number of benzene rings is 2. The molecule has 0 heterocycles. The van der Waals surface area contributed by atoms with Crippen molar-refractivity contribution in [3.8, 4) is 0 Å². The van der Waals surface area contributed by atoms with E-state index in [1.807, 2.05) is 6.07 Å². The lowest BCUT2D eigenvalue weighted by Crippen LogP contribution is -2.30. The highest BCUT2D eigenvalue weighted by atomic mass is 16.4. The third-order valence-electron chi connectivity index (χ3n) is 4.45. The maximum atomic E-state index is 11.9. The average Bonchev–Trinajstić information content (AvgIpc) is 2.65. The number of amides is 1. The van der Waals surface area contributed by atoms with Gasteiger partial charge in [0.15, 0.2) is 0 Å². The first-order chi connectivity index (χ1) is 12.6.